The number of aryl methyl sites for hydroxylation is 1. The van der Waals surface area contributed by atoms with Crippen molar-refractivity contribution in [1.82, 2.24) is 4.98 Å². The van der Waals surface area contributed by atoms with E-state index in [2.05, 4.69) is 10.3 Å². The smallest absolute Gasteiger partial charge is 0.341 e. The van der Waals surface area contributed by atoms with Gasteiger partial charge in [0.25, 0.3) is 11.6 Å². The van der Waals surface area contributed by atoms with Gasteiger partial charge in [-0.05, 0) is 43.7 Å². The lowest BCUT2D eigenvalue weighted by molar-refractivity contribution is -0.384. The van der Waals surface area contributed by atoms with E-state index in [-0.39, 0.29) is 28.4 Å². The van der Waals surface area contributed by atoms with Gasteiger partial charge in [-0.3, -0.25) is 19.9 Å². The van der Waals surface area contributed by atoms with Gasteiger partial charge >= 0.3 is 5.97 Å². The topological polar surface area (TPSA) is 111 Å². The van der Waals surface area contributed by atoms with Crippen molar-refractivity contribution in [2.24, 2.45) is 0 Å². The number of halogens is 1. The van der Waals surface area contributed by atoms with Crippen LogP contribution in [-0.4, -0.2) is 28.4 Å². The summed E-state index contributed by atoms with van der Waals surface area (Å²) in [5.41, 5.74) is 2.00. The van der Waals surface area contributed by atoms with Crippen molar-refractivity contribution in [1.29, 1.82) is 0 Å². The number of pyridine rings is 1. The van der Waals surface area contributed by atoms with Crippen molar-refractivity contribution in [2.45, 2.75) is 13.8 Å². The molecule has 34 heavy (non-hydrogen) atoms. The Morgan fingerprint density at radius 2 is 2.00 bits per heavy atom. The summed E-state index contributed by atoms with van der Waals surface area (Å²) in [6.45, 7) is 3.47. The van der Waals surface area contributed by atoms with E-state index in [1.54, 1.807) is 25.3 Å². The van der Waals surface area contributed by atoms with E-state index in [9.17, 15) is 24.1 Å². The third-order valence-corrected chi connectivity index (χ3v) is 5.90. The first-order valence-corrected chi connectivity index (χ1v) is 11.1. The number of anilines is 1. The Morgan fingerprint density at radius 3 is 2.74 bits per heavy atom. The number of fused-ring (bicyclic) bond motifs is 1. The van der Waals surface area contributed by atoms with Crippen LogP contribution in [0.4, 0.5) is 15.1 Å². The molecule has 0 aliphatic carbocycles. The van der Waals surface area contributed by atoms with Gasteiger partial charge < -0.3 is 10.1 Å². The summed E-state index contributed by atoms with van der Waals surface area (Å²) in [5, 5.41) is 16.1. The van der Waals surface area contributed by atoms with Gasteiger partial charge in [-0.2, -0.15) is 0 Å². The highest BCUT2D eigenvalue weighted by atomic mass is 32.1. The van der Waals surface area contributed by atoms with Crippen molar-refractivity contribution in [3.05, 3.63) is 86.7 Å². The molecule has 0 aliphatic heterocycles. The Morgan fingerprint density at radius 1 is 1.21 bits per heavy atom. The lowest BCUT2D eigenvalue weighted by Crippen LogP contribution is -2.15. The molecule has 0 saturated heterocycles. The van der Waals surface area contributed by atoms with Gasteiger partial charge in [-0.25, -0.2) is 9.18 Å². The van der Waals surface area contributed by atoms with Crippen molar-refractivity contribution >= 4 is 44.8 Å². The number of non-ortho nitro benzene ring substituents is 1. The zero-order valence-electron chi connectivity index (χ0n) is 18.1. The van der Waals surface area contributed by atoms with Crippen LogP contribution in [0.2, 0.25) is 0 Å². The Hall–Kier alpha value is -4.18. The first-order valence-electron chi connectivity index (χ1n) is 10.2. The molecule has 172 valence electrons. The predicted molar refractivity (Wildman–Crippen MR) is 127 cm³/mol. The minimum Gasteiger partial charge on any atom is -0.462 e. The van der Waals surface area contributed by atoms with Crippen LogP contribution in [0.25, 0.3) is 22.0 Å². The second-order valence-corrected chi connectivity index (χ2v) is 8.19. The molecule has 0 fully saturated rings. The van der Waals surface area contributed by atoms with Crippen molar-refractivity contribution in [3.8, 4) is 11.1 Å². The molecule has 0 saturated carbocycles. The van der Waals surface area contributed by atoms with Crippen molar-refractivity contribution in [3.63, 3.8) is 0 Å². The maximum Gasteiger partial charge on any atom is 0.341 e. The zero-order chi connectivity index (χ0) is 24.4. The number of nitro benzene ring substituents is 1. The van der Waals surface area contributed by atoms with Gasteiger partial charge in [-0.15, -0.1) is 11.3 Å². The number of hydrogen-bond donors (Lipinski definition) is 1. The van der Waals surface area contributed by atoms with Gasteiger partial charge in [0.15, 0.2) is 0 Å². The van der Waals surface area contributed by atoms with Crippen LogP contribution in [0.1, 0.15) is 33.3 Å². The highest BCUT2D eigenvalue weighted by Gasteiger charge is 2.25. The molecule has 1 N–H and O–H groups in total. The Kier molecular flexibility index (Phi) is 6.33. The van der Waals surface area contributed by atoms with E-state index < -0.39 is 22.6 Å². The number of carbonyl (C=O) groups excluding carboxylic acids is 2. The van der Waals surface area contributed by atoms with Crippen LogP contribution in [0.5, 0.6) is 0 Å². The van der Waals surface area contributed by atoms with E-state index >= 15 is 0 Å². The molecule has 4 aromatic rings. The molecule has 0 aliphatic rings. The molecule has 0 spiro atoms. The number of aromatic nitrogens is 1. The molecule has 8 nitrogen and oxygen atoms in total. The van der Waals surface area contributed by atoms with E-state index in [1.807, 2.05) is 0 Å². The molecule has 2 heterocycles. The fraction of sp³-hybridized carbons (Fsp3) is 0.125. The number of nitrogens with one attached hydrogen (secondary N) is 1. The average molecular weight is 479 g/mol. The highest BCUT2D eigenvalue weighted by Crippen LogP contribution is 2.38. The maximum atomic E-state index is 13.9. The van der Waals surface area contributed by atoms with Crippen LogP contribution in [0, 0.1) is 22.9 Å². The first-order chi connectivity index (χ1) is 16.3. The molecule has 0 bridgehead atoms. The van der Waals surface area contributed by atoms with Gasteiger partial charge in [0.1, 0.15) is 16.4 Å². The Labute approximate surface area is 197 Å². The molecule has 0 unspecified atom stereocenters. The fourth-order valence-corrected chi connectivity index (χ4v) is 4.50. The molecule has 1 amide bonds. The summed E-state index contributed by atoms with van der Waals surface area (Å²) in [7, 11) is 0. The van der Waals surface area contributed by atoms with E-state index in [0.717, 1.165) is 11.3 Å². The Balaban J connectivity index is 1.79. The van der Waals surface area contributed by atoms with Gasteiger partial charge in [0, 0.05) is 34.2 Å². The van der Waals surface area contributed by atoms with Crippen molar-refractivity contribution < 1.29 is 23.6 Å². The summed E-state index contributed by atoms with van der Waals surface area (Å²) in [6.07, 6.45) is 0. The van der Waals surface area contributed by atoms with E-state index in [1.165, 1.54) is 42.5 Å². The summed E-state index contributed by atoms with van der Waals surface area (Å²) < 4.78 is 19.1. The fourth-order valence-electron chi connectivity index (χ4n) is 3.54. The second kappa shape index (κ2) is 9.36. The van der Waals surface area contributed by atoms with E-state index in [4.69, 9.17) is 4.74 Å². The number of rotatable bonds is 6. The Bertz CT molecular complexity index is 1450. The molecule has 2 aromatic carbocycles. The SMILES string of the molecule is CCOC(=O)c1c(-c2cccc([N+](=O)[O-])c2)csc1NC(=O)c1cc(C)nc2ccc(F)cc12. The number of amides is 1. The van der Waals surface area contributed by atoms with Crippen LogP contribution in [0.3, 0.4) is 0 Å². The van der Waals surface area contributed by atoms with Gasteiger partial charge in [0.2, 0.25) is 0 Å². The molecule has 2 aromatic heterocycles. The summed E-state index contributed by atoms with van der Waals surface area (Å²) in [5.74, 6) is -1.75. The number of benzene rings is 2. The minimum atomic E-state index is -0.678. The third-order valence-electron chi connectivity index (χ3n) is 5.01. The predicted octanol–water partition coefficient (Wildman–Crippen LogP) is 5.75. The summed E-state index contributed by atoms with van der Waals surface area (Å²) >= 11 is 1.08. The van der Waals surface area contributed by atoms with Crippen LogP contribution in [-0.2, 0) is 4.74 Å². The quantitative estimate of drug-likeness (QED) is 0.214. The van der Waals surface area contributed by atoms with Crippen LogP contribution in [0.15, 0.2) is 53.9 Å². The highest BCUT2D eigenvalue weighted by molar-refractivity contribution is 7.15. The monoisotopic (exact) mass is 479 g/mol. The molecular weight excluding hydrogens is 461 g/mol. The molecule has 4 rings (SSSR count). The summed E-state index contributed by atoms with van der Waals surface area (Å²) in [4.78, 5) is 41.0. The normalized spacial score (nSPS) is 10.8. The van der Waals surface area contributed by atoms with Crippen molar-refractivity contribution in [2.75, 3.05) is 11.9 Å². The standard InChI is InChI=1S/C24H18FN3O5S/c1-3-33-24(30)21-19(14-5-4-6-16(10-14)28(31)32)12-34-23(21)27-22(29)18-9-13(2)26-20-8-7-15(25)11-17(18)20/h4-12H,3H2,1-2H3,(H,27,29). The number of thiophene rings is 1. The van der Waals surface area contributed by atoms with Gasteiger partial charge in [-0.1, -0.05) is 12.1 Å². The lowest BCUT2D eigenvalue weighted by Gasteiger charge is -2.11. The number of esters is 1. The second-order valence-electron chi connectivity index (χ2n) is 7.31. The summed E-state index contributed by atoms with van der Waals surface area (Å²) in [6, 6.07) is 11.4. The number of hydrogen-bond acceptors (Lipinski definition) is 7. The third kappa shape index (κ3) is 4.48. The minimum absolute atomic E-state index is 0.0852. The lowest BCUT2D eigenvalue weighted by atomic mass is 10.0. The largest absolute Gasteiger partial charge is 0.462 e. The number of nitrogens with zero attached hydrogens (tertiary/aromatic N) is 2. The number of ether oxygens (including phenoxy) is 1. The van der Waals surface area contributed by atoms with Crippen LogP contribution < -0.4 is 5.32 Å². The average Bonchev–Trinajstić information content (AvgIpc) is 3.22. The zero-order valence-corrected chi connectivity index (χ0v) is 18.9. The first kappa shape index (κ1) is 23.0. The molecule has 10 heteroatoms. The number of nitro groups is 1. The molecular formula is C24H18FN3O5S. The molecule has 0 atom stereocenters. The van der Waals surface area contributed by atoms with Crippen LogP contribution >= 0.6 is 11.3 Å². The number of carbonyl (C=O) groups is 2. The maximum absolute atomic E-state index is 13.9. The van der Waals surface area contributed by atoms with Gasteiger partial charge in [0.05, 0.1) is 22.6 Å². The molecule has 0 radical (unpaired) electrons. The van der Waals surface area contributed by atoms with E-state index in [0.29, 0.717) is 27.7 Å².